The van der Waals surface area contributed by atoms with Gasteiger partial charge in [0, 0.05) is 6.54 Å². The van der Waals surface area contributed by atoms with E-state index in [4.69, 9.17) is 15.1 Å². The van der Waals surface area contributed by atoms with E-state index in [0.29, 0.717) is 18.8 Å². The van der Waals surface area contributed by atoms with Gasteiger partial charge >= 0.3 is 0 Å². The van der Waals surface area contributed by atoms with E-state index in [2.05, 4.69) is 43.0 Å². The highest BCUT2D eigenvalue weighted by molar-refractivity contribution is 5.94. The molecule has 12 nitrogen and oxygen atoms in total. The molecule has 1 aliphatic heterocycles. The molecule has 1 aliphatic rings. The number of rotatable bonds is 10. The van der Waals surface area contributed by atoms with Crippen LogP contribution in [0.3, 0.4) is 0 Å². The van der Waals surface area contributed by atoms with Gasteiger partial charge in [-0.25, -0.2) is 10.1 Å². The fourth-order valence-electron chi connectivity index (χ4n) is 3.84. The molecule has 1 saturated heterocycles. The first-order valence-electron chi connectivity index (χ1n) is 12.0. The predicted octanol–water partition coefficient (Wildman–Crippen LogP) is 2.55. The van der Waals surface area contributed by atoms with Gasteiger partial charge in [-0.1, -0.05) is 31.4 Å². The number of benzene rings is 1. The molecule has 0 unspecified atom stereocenters. The molecule has 0 aliphatic carbocycles. The Hall–Kier alpha value is -3.80. The Labute approximate surface area is 203 Å². The van der Waals surface area contributed by atoms with Crippen LogP contribution in [-0.2, 0) is 6.54 Å². The van der Waals surface area contributed by atoms with E-state index in [0.717, 1.165) is 50.1 Å². The highest BCUT2D eigenvalue weighted by Gasteiger charge is 2.25. The zero-order valence-corrected chi connectivity index (χ0v) is 19.9. The van der Waals surface area contributed by atoms with E-state index in [1.165, 1.54) is 17.5 Å². The van der Waals surface area contributed by atoms with Crippen molar-refractivity contribution in [1.82, 2.24) is 35.6 Å². The molecule has 3 N–H and O–H groups in total. The molecule has 1 aromatic carbocycles. The number of carbonyl (C=O) groups excluding carboxylic acids is 1. The Morgan fingerprint density at radius 1 is 1.20 bits per heavy atom. The largest absolute Gasteiger partial charge is 0.494 e. The van der Waals surface area contributed by atoms with E-state index in [1.54, 1.807) is 6.21 Å². The average Bonchev–Trinajstić information content (AvgIpc) is 3.37. The van der Waals surface area contributed by atoms with Crippen LogP contribution >= 0.6 is 0 Å². The van der Waals surface area contributed by atoms with E-state index in [9.17, 15) is 4.79 Å². The summed E-state index contributed by atoms with van der Waals surface area (Å²) in [5.74, 6) is 0.591. The van der Waals surface area contributed by atoms with Crippen molar-refractivity contribution in [3.8, 4) is 11.6 Å². The van der Waals surface area contributed by atoms with E-state index in [1.807, 2.05) is 24.3 Å². The number of nitrogens with zero attached hydrogens (tertiary/aromatic N) is 7. The van der Waals surface area contributed by atoms with Gasteiger partial charge in [0.2, 0.25) is 11.6 Å². The van der Waals surface area contributed by atoms with E-state index in [-0.39, 0.29) is 17.3 Å². The first kappa shape index (κ1) is 24.3. The lowest BCUT2D eigenvalue weighted by molar-refractivity contribution is 0.0947. The Morgan fingerprint density at radius 3 is 2.66 bits per heavy atom. The van der Waals surface area contributed by atoms with Crippen molar-refractivity contribution in [1.29, 1.82) is 0 Å². The van der Waals surface area contributed by atoms with Crippen molar-refractivity contribution in [2.24, 2.45) is 5.10 Å². The Balaban J connectivity index is 1.46. The SMILES string of the molecule is CCCCOc1ccc(/C=N\NC(=O)c2nnn(-c3nonc3N)c2CN2CCCCCC2)cc1. The quantitative estimate of drug-likeness (QED) is 0.253. The molecule has 1 amide bonds. The fourth-order valence-corrected chi connectivity index (χ4v) is 3.84. The average molecular weight is 482 g/mol. The van der Waals surface area contributed by atoms with Crippen LogP contribution in [0.5, 0.6) is 5.75 Å². The second kappa shape index (κ2) is 12.1. The predicted molar refractivity (Wildman–Crippen MR) is 129 cm³/mol. The van der Waals surface area contributed by atoms with Crippen molar-refractivity contribution in [2.45, 2.75) is 52.0 Å². The Kier molecular flexibility index (Phi) is 8.39. The van der Waals surface area contributed by atoms with Gasteiger partial charge in [-0.3, -0.25) is 9.69 Å². The first-order chi connectivity index (χ1) is 17.2. The van der Waals surface area contributed by atoms with Gasteiger partial charge in [0.05, 0.1) is 18.5 Å². The summed E-state index contributed by atoms with van der Waals surface area (Å²) in [5, 5.41) is 19.7. The Morgan fingerprint density at radius 2 is 1.97 bits per heavy atom. The van der Waals surface area contributed by atoms with Crippen LogP contribution in [0.1, 0.15) is 67.2 Å². The number of unbranched alkanes of at least 4 members (excludes halogenated alkanes) is 1. The summed E-state index contributed by atoms with van der Waals surface area (Å²) in [4.78, 5) is 15.2. The number of hydrogen-bond acceptors (Lipinski definition) is 10. The molecule has 4 rings (SSSR count). The van der Waals surface area contributed by atoms with Crippen molar-refractivity contribution < 1.29 is 14.2 Å². The lowest BCUT2D eigenvalue weighted by atomic mass is 10.2. The number of nitrogens with two attached hydrogens (primary N) is 1. The number of nitrogens with one attached hydrogen (secondary N) is 1. The van der Waals surface area contributed by atoms with Gasteiger partial charge in [-0.15, -0.1) is 5.10 Å². The fraction of sp³-hybridized carbons (Fsp3) is 0.478. The third kappa shape index (κ3) is 6.41. The van der Waals surface area contributed by atoms with Crippen LogP contribution in [0.15, 0.2) is 34.0 Å². The molecule has 0 radical (unpaired) electrons. The van der Waals surface area contributed by atoms with Crippen LogP contribution in [0.25, 0.3) is 5.82 Å². The van der Waals surface area contributed by atoms with Crippen LogP contribution in [0.4, 0.5) is 5.82 Å². The third-order valence-electron chi connectivity index (χ3n) is 5.77. The van der Waals surface area contributed by atoms with Gasteiger partial charge in [0.15, 0.2) is 5.69 Å². The number of aromatic nitrogens is 5. The number of nitrogen functional groups attached to an aromatic ring is 1. The first-order valence-corrected chi connectivity index (χ1v) is 12.0. The van der Waals surface area contributed by atoms with Crippen LogP contribution in [0.2, 0.25) is 0 Å². The second-order valence-corrected chi connectivity index (χ2v) is 8.43. The number of likely N-dealkylation sites (tertiary alicyclic amines) is 1. The summed E-state index contributed by atoms with van der Waals surface area (Å²) in [6.45, 7) is 5.13. The number of carbonyl (C=O) groups is 1. The number of anilines is 1. The highest BCUT2D eigenvalue weighted by atomic mass is 16.6. The van der Waals surface area contributed by atoms with Crippen molar-refractivity contribution in [3.05, 3.63) is 41.2 Å². The molecule has 186 valence electrons. The highest BCUT2D eigenvalue weighted by Crippen LogP contribution is 2.20. The summed E-state index contributed by atoms with van der Waals surface area (Å²) >= 11 is 0. The topological polar surface area (TPSA) is 150 Å². The maximum Gasteiger partial charge on any atom is 0.293 e. The molecule has 3 aromatic rings. The van der Waals surface area contributed by atoms with Crippen LogP contribution in [-0.4, -0.2) is 62.0 Å². The minimum atomic E-state index is -0.480. The molecule has 2 aromatic heterocycles. The van der Waals surface area contributed by atoms with E-state index >= 15 is 0 Å². The molecule has 35 heavy (non-hydrogen) atoms. The molecule has 3 heterocycles. The number of hydrogen-bond donors (Lipinski definition) is 2. The molecule has 1 fully saturated rings. The normalized spacial score (nSPS) is 14.8. The van der Waals surface area contributed by atoms with Gasteiger partial charge in [-0.2, -0.15) is 9.78 Å². The minimum absolute atomic E-state index is 0.0686. The molecular weight excluding hydrogens is 450 g/mol. The molecule has 0 spiro atoms. The number of hydrazone groups is 1. The van der Waals surface area contributed by atoms with Crippen molar-refractivity contribution in [3.63, 3.8) is 0 Å². The zero-order valence-electron chi connectivity index (χ0n) is 19.9. The standard InChI is InChI=1S/C23H31N9O3/c1-2-3-14-34-18-10-8-17(9-11-18)15-25-27-23(33)20-19(16-31-12-6-4-5-7-13-31)32(30-26-20)22-21(24)28-35-29-22/h8-11,15H,2-7,12-14,16H2,1H3,(H2,24,28)(H,27,33)/b25-15-. The van der Waals surface area contributed by atoms with Crippen molar-refractivity contribution in [2.75, 3.05) is 25.4 Å². The number of ether oxygens (including phenoxy) is 1. The molecular formula is C23H31N9O3. The molecule has 12 heteroatoms. The zero-order chi connectivity index (χ0) is 24.5. The second-order valence-electron chi connectivity index (χ2n) is 8.43. The maximum atomic E-state index is 13.0. The summed E-state index contributed by atoms with van der Waals surface area (Å²) in [7, 11) is 0. The van der Waals surface area contributed by atoms with Gasteiger partial charge in [0.1, 0.15) is 5.75 Å². The minimum Gasteiger partial charge on any atom is -0.494 e. The smallest absolute Gasteiger partial charge is 0.293 e. The van der Waals surface area contributed by atoms with Gasteiger partial charge in [-0.05, 0) is 72.5 Å². The molecule has 0 atom stereocenters. The lowest BCUT2D eigenvalue weighted by Crippen LogP contribution is -2.28. The lowest BCUT2D eigenvalue weighted by Gasteiger charge is -2.20. The van der Waals surface area contributed by atoms with E-state index < -0.39 is 5.91 Å². The monoisotopic (exact) mass is 481 g/mol. The van der Waals surface area contributed by atoms with Gasteiger partial charge in [0.25, 0.3) is 5.91 Å². The van der Waals surface area contributed by atoms with Crippen molar-refractivity contribution >= 4 is 17.9 Å². The van der Waals surface area contributed by atoms with Crippen LogP contribution in [0, 0.1) is 0 Å². The summed E-state index contributed by atoms with van der Waals surface area (Å²) in [6.07, 6.45) is 8.25. The third-order valence-corrected chi connectivity index (χ3v) is 5.77. The molecule has 0 bridgehead atoms. The summed E-state index contributed by atoms with van der Waals surface area (Å²) in [6, 6.07) is 7.50. The summed E-state index contributed by atoms with van der Waals surface area (Å²) in [5.41, 5.74) is 9.93. The maximum absolute atomic E-state index is 13.0. The van der Waals surface area contributed by atoms with Gasteiger partial charge < -0.3 is 10.5 Å². The summed E-state index contributed by atoms with van der Waals surface area (Å²) < 4.78 is 11.8. The van der Waals surface area contributed by atoms with Crippen LogP contribution < -0.4 is 15.9 Å². The number of amides is 1. The molecule has 0 saturated carbocycles. The Bertz CT molecular complexity index is 1120.